The fourth-order valence-corrected chi connectivity index (χ4v) is 2.90. The predicted molar refractivity (Wildman–Crippen MR) is 94.7 cm³/mol. The Labute approximate surface area is 163 Å². The van der Waals surface area contributed by atoms with Crippen molar-refractivity contribution in [2.24, 2.45) is 0 Å². The lowest BCUT2D eigenvalue weighted by molar-refractivity contribution is -0.365. The van der Waals surface area contributed by atoms with E-state index in [-0.39, 0.29) is 24.4 Å². The van der Waals surface area contributed by atoms with Crippen LogP contribution in [0.4, 0.5) is 0 Å². The Morgan fingerprint density at radius 1 is 0.714 bits per heavy atom. The molecule has 0 N–H and O–H groups in total. The minimum absolute atomic E-state index is 0.0723. The molecule has 0 aromatic heterocycles. The van der Waals surface area contributed by atoms with Crippen LogP contribution in [-0.4, -0.2) is 83.6 Å². The van der Waals surface area contributed by atoms with Gasteiger partial charge in [0, 0.05) is 5.56 Å². The van der Waals surface area contributed by atoms with Crippen LogP contribution in [0.3, 0.4) is 0 Å². The van der Waals surface area contributed by atoms with Crippen LogP contribution >= 0.6 is 0 Å². The third-order valence-electron chi connectivity index (χ3n) is 4.93. The molecule has 4 heterocycles. The molecule has 0 spiro atoms. The molecule has 4 aliphatic rings. The smallest absolute Gasteiger partial charge is 0.248 e. The SMILES string of the molecule is c1ccc(C(OCC2CO2)(OCC2CO2)C(OCC2CO2)OCC2CO2)cc1. The van der Waals surface area contributed by atoms with Gasteiger partial charge < -0.3 is 37.9 Å². The fraction of sp³-hybridized carbons (Fsp3) is 0.700. The van der Waals surface area contributed by atoms with Crippen molar-refractivity contribution >= 4 is 0 Å². The summed E-state index contributed by atoms with van der Waals surface area (Å²) in [5.74, 6) is -1.23. The molecule has 4 unspecified atom stereocenters. The summed E-state index contributed by atoms with van der Waals surface area (Å²) < 4.78 is 46.3. The van der Waals surface area contributed by atoms with Gasteiger partial charge in [0.05, 0.1) is 52.9 Å². The van der Waals surface area contributed by atoms with E-state index in [1.807, 2.05) is 30.3 Å². The van der Waals surface area contributed by atoms with Crippen molar-refractivity contribution in [1.29, 1.82) is 0 Å². The van der Waals surface area contributed by atoms with Gasteiger partial charge in [-0.2, -0.15) is 0 Å². The molecule has 5 rings (SSSR count). The van der Waals surface area contributed by atoms with Gasteiger partial charge in [-0.15, -0.1) is 0 Å². The van der Waals surface area contributed by atoms with Gasteiger partial charge in [-0.1, -0.05) is 30.3 Å². The first kappa shape index (κ1) is 18.9. The zero-order chi connectivity index (χ0) is 18.8. The second-order valence-corrected chi connectivity index (χ2v) is 7.48. The quantitative estimate of drug-likeness (QED) is 0.339. The summed E-state index contributed by atoms with van der Waals surface area (Å²) in [5, 5.41) is 0. The first-order valence-corrected chi connectivity index (χ1v) is 9.85. The molecule has 1 aromatic carbocycles. The molecule has 4 saturated heterocycles. The van der Waals surface area contributed by atoms with Gasteiger partial charge in [0.15, 0.2) is 0 Å². The van der Waals surface area contributed by atoms with Crippen molar-refractivity contribution in [1.82, 2.24) is 0 Å². The summed E-state index contributed by atoms with van der Waals surface area (Å²) in [5.41, 5.74) is 0.828. The minimum atomic E-state index is -1.23. The number of hydrogen-bond acceptors (Lipinski definition) is 8. The number of benzene rings is 1. The Morgan fingerprint density at radius 2 is 1.14 bits per heavy atom. The maximum absolute atomic E-state index is 6.35. The molecule has 8 heteroatoms. The Hall–Kier alpha value is -1.10. The van der Waals surface area contributed by atoms with E-state index in [1.54, 1.807) is 0 Å². The first-order valence-electron chi connectivity index (χ1n) is 9.85. The lowest BCUT2D eigenvalue weighted by Gasteiger charge is -2.39. The molecule has 154 valence electrons. The average molecular weight is 394 g/mol. The van der Waals surface area contributed by atoms with Crippen molar-refractivity contribution in [3.05, 3.63) is 35.9 Å². The number of rotatable bonds is 14. The molecule has 1 aromatic rings. The average Bonchev–Trinajstić information content (AvgIpc) is 3.59. The highest BCUT2D eigenvalue weighted by Gasteiger charge is 2.49. The molecule has 0 radical (unpaired) electrons. The van der Waals surface area contributed by atoms with Gasteiger partial charge in [-0.25, -0.2) is 0 Å². The van der Waals surface area contributed by atoms with Gasteiger partial charge in [0.25, 0.3) is 0 Å². The Kier molecular flexibility index (Phi) is 5.62. The standard InChI is InChI=1S/C20H26O8/c1-2-4-14(5-3-1)20(27-12-17-8-23-17,28-13-18-9-24-18)19(25-10-15-6-21-15)26-11-16-7-22-16/h1-5,15-19H,6-13H2. The molecular formula is C20H26O8. The van der Waals surface area contributed by atoms with Gasteiger partial charge >= 0.3 is 0 Å². The molecule has 8 nitrogen and oxygen atoms in total. The van der Waals surface area contributed by atoms with E-state index in [0.29, 0.717) is 52.9 Å². The zero-order valence-electron chi connectivity index (χ0n) is 15.7. The molecule has 4 atom stereocenters. The molecule has 0 bridgehead atoms. The van der Waals surface area contributed by atoms with E-state index in [1.165, 1.54) is 0 Å². The van der Waals surface area contributed by atoms with Crippen molar-refractivity contribution in [2.75, 3.05) is 52.9 Å². The summed E-state index contributed by atoms with van der Waals surface area (Å²) in [6, 6.07) is 9.77. The summed E-state index contributed by atoms with van der Waals surface area (Å²) in [7, 11) is 0. The van der Waals surface area contributed by atoms with Gasteiger partial charge in [0.2, 0.25) is 12.1 Å². The molecule has 28 heavy (non-hydrogen) atoms. The molecule has 0 saturated carbocycles. The molecule has 0 aliphatic carbocycles. The number of ether oxygens (including phenoxy) is 8. The Balaban J connectivity index is 1.40. The van der Waals surface area contributed by atoms with Crippen LogP contribution in [0.1, 0.15) is 5.56 Å². The van der Waals surface area contributed by atoms with E-state index in [4.69, 9.17) is 37.9 Å². The van der Waals surface area contributed by atoms with Crippen molar-refractivity contribution in [3.63, 3.8) is 0 Å². The van der Waals surface area contributed by atoms with Crippen LogP contribution in [0.15, 0.2) is 30.3 Å². The topological polar surface area (TPSA) is 87.0 Å². The number of epoxide rings is 4. The van der Waals surface area contributed by atoms with E-state index >= 15 is 0 Å². The highest BCUT2D eigenvalue weighted by Crippen LogP contribution is 2.37. The van der Waals surface area contributed by atoms with Gasteiger partial charge in [0.1, 0.15) is 24.4 Å². The summed E-state index contributed by atoms with van der Waals surface area (Å²) in [6.45, 7) is 4.39. The van der Waals surface area contributed by atoms with Crippen molar-refractivity contribution in [2.45, 2.75) is 36.5 Å². The fourth-order valence-electron chi connectivity index (χ4n) is 2.90. The highest BCUT2D eigenvalue weighted by atomic mass is 16.8. The van der Waals surface area contributed by atoms with Crippen LogP contribution in [0, 0.1) is 0 Å². The maximum Gasteiger partial charge on any atom is 0.248 e. The summed E-state index contributed by atoms with van der Waals surface area (Å²) in [4.78, 5) is 0. The van der Waals surface area contributed by atoms with Crippen LogP contribution in [0.25, 0.3) is 0 Å². The highest BCUT2D eigenvalue weighted by molar-refractivity contribution is 5.21. The van der Waals surface area contributed by atoms with Crippen molar-refractivity contribution < 1.29 is 37.9 Å². The zero-order valence-corrected chi connectivity index (χ0v) is 15.7. The first-order chi connectivity index (χ1) is 13.8. The van der Waals surface area contributed by atoms with Crippen LogP contribution < -0.4 is 0 Å². The molecule has 4 aliphatic heterocycles. The van der Waals surface area contributed by atoms with Gasteiger partial charge in [-0.3, -0.25) is 0 Å². The Bertz CT molecular complexity index is 592. The Morgan fingerprint density at radius 3 is 1.57 bits per heavy atom. The summed E-state index contributed by atoms with van der Waals surface area (Å²) in [6.07, 6.45) is -0.447. The van der Waals surface area contributed by atoms with E-state index < -0.39 is 12.1 Å². The van der Waals surface area contributed by atoms with E-state index in [2.05, 4.69) is 0 Å². The molecule has 0 amide bonds. The van der Waals surface area contributed by atoms with Crippen LogP contribution in [-0.2, 0) is 43.7 Å². The normalized spacial score (nSPS) is 33.1. The molecule has 4 fully saturated rings. The third kappa shape index (κ3) is 5.08. The second kappa shape index (κ2) is 8.33. The monoisotopic (exact) mass is 394 g/mol. The lowest BCUT2D eigenvalue weighted by Crippen LogP contribution is -2.50. The van der Waals surface area contributed by atoms with Crippen LogP contribution in [0.2, 0.25) is 0 Å². The van der Waals surface area contributed by atoms with Gasteiger partial charge in [-0.05, 0) is 0 Å². The van der Waals surface area contributed by atoms with Crippen LogP contribution in [0.5, 0.6) is 0 Å². The number of hydrogen-bond donors (Lipinski definition) is 0. The summed E-state index contributed by atoms with van der Waals surface area (Å²) >= 11 is 0. The van der Waals surface area contributed by atoms with Crippen molar-refractivity contribution in [3.8, 4) is 0 Å². The lowest BCUT2D eigenvalue weighted by atomic mass is 10.0. The second-order valence-electron chi connectivity index (χ2n) is 7.48. The van der Waals surface area contributed by atoms with E-state index in [0.717, 1.165) is 5.56 Å². The minimum Gasteiger partial charge on any atom is -0.371 e. The molecular weight excluding hydrogens is 368 g/mol. The van der Waals surface area contributed by atoms with E-state index in [9.17, 15) is 0 Å². The third-order valence-corrected chi connectivity index (χ3v) is 4.93. The largest absolute Gasteiger partial charge is 0.371 e. The maximum atomic E-state index is 6.35. The predicted octanol–water partition coefficient (Wildman–Crippen LogP) is 0.827.